The van der Waals surface area contributed by atoms with E-state index in [0.717, 1.165) is 10.0 Å². The zero-order valence-electron chi connectivity index (χ0n) is 11.3. The van der Waals surface area contributed by atoms with E-state index in [1.807, 2.05) is 37.3 Å². The highest BCUT2D eigenvalue weighted by atomic mass is 79.9. The molecule has 0 unspecified atom stereocenters. The van der Waals surface area contributed by atoms with E-state index >= 15 is 0 Å². The summed E-state index contributed by atoms with van der Waals surface area (Å²) in [6.45, 7) is 3.22. The molecule has 0 atom stereocenters. The molecule has 0 radical (unpaired) electrons. The molecule has 0 bridgehead atoms. The number of hydrogen-bond acceptors (Lipinski definition) is 2. The van der Waals surface area contributed by atoms with E-state index in [-0.39, 0.29) is 5.91 Å². The smallest absolute Gasteiger partial charge is 0.255 e. The van der Waals surface area contributed by atoms with Crippen LogP contribution in [-0.4, -0.2) is 17.4 Å². The van der Waals surface area contributed by atoms with Crippen LogP contribution in [0.4, 0.5) is 5.69 Å². The second-order valence-electron chi connectivity index (χ2n) is 4.54. The third-order valence-electron chi connectivity index (χ3n) is 3.11. The van der Waals surface area contributed by atoms with Crippen LogP contribution in [0.25, 0.3) is 0 Å². The summed E-state index contributed by atoms with van der Waals surface area (Å²) in [5.41, 5.74) is 8.07. The van der Waals surface area contributed by atoms with Gasteiger partial charge in [-0.05, 0) is 46.6 Å². The molecule has 0 saturated carbocycles. The molecule has 0 aliphatic rings. The summed E-state index contributed by atoms with van der Waals surface area (Å²) in [5.74, 6) is -0.0180. The molecule has 4 heteroatoms. The van der Waals surface area contributed by atoms with E-state index in [1.165, 1.54) is 0 Å². The first kappa shape index (κ1) is 14.6. The van der Waals surface area contributed by atoms with Crippen molar-refractivity contribution in [2.24, 2.45) is 0 Å². The van der Waals surface area contributed by atoms with Gasteiger partial charge in [0.1, 0.15) is 0 Å². The van der Waals surface area contributed by atoms with Crippen LogP contribution in [0, 0.1) is 0 Å². The average Bonchev–Trinajstić information content (AvgIpc) is 2.47. The number of carbonyl (C=O) groups is 1. The van der Waals surface area contributed by atoms with E-state index < -0.39 is 0 Å². The fourth-order valence-electron chi connectivity index (χ4n) is 2.01. The van der Waals surface area contributed by atoms with Gasteiger partial charge in [-0.2, -0.15) is 0 Å². The fourth-order valence-corrected chi connectivity index (χ4v) is 2.42. The molecular weight excluding hydrogens is 316 g/mol. The summed E-state index contributed by atoms with van der Waals surface area (Å²) in [4.78, 5) is 14.4. The van der Waals surface area contributed by atoms with Crippen molar-refractivity contribution < 1.29 is 4.79 Å². The van der Waals surface area contributed by atoms with Gasteiger partial charge in [-0.3, -0.25) is 4.79 Å². The van der Waals surface area contributed by atoms with Crippen molar-refractivity contribution in [3.63, 3.8) is 0 Å². The number of halogens is 1. The minimum atomic E-state index is -0.0180. The Morgan fingerprint density at radius 1 is 1.20 bits per heavy atom. The van der Waals surface area contributed by atoms with Crippen molar-refractivity contribution in [2.75, 3.05) is 12.3 Å². The first-order chi connectivity index (χ1) is 9.61. The van der Waals surface area contributed by atoms with Crippen molar-refractivity contribution in [1.82, 2.24) is 4.90 Å². The number of hydrogen-bond donors (Lipinski definition) is 1. The minimum Gasteiger partial charge on any atom is -0.399 e. The van der Waals surface area contributed by atoms with Gasteiger partial charge < -0.3 is 10.6 Å². The van der Waals surface area contributed by atoms with Gasteiger partial charge in [-0.15, -0.1) is 0 Å². The van der Waals surface area contributed by atoms with Crippen LogP contribution in [0.15, 0.2) is 53.0 Å². The quantitative estimate of drug-likeness (QED) is 0.868. The van der Waals surface area contributed by atoms with E-state index in [2.05, 4.69) is 15.9 Å². The Balaban J connectivity index is 2.23. The van der Waals surface area contributed by atoms with Crippen LogP contribution in [0.2, 0.25) is 0 Å². The number of nitrogens with two attached hydrogens (primary N) is 1. The Morgan fingerprint density at radius 3 is 2.55 bits per heavy atom. The van der Waals surface area contributed by atoms with E-state index in [1.54, 1.807) is 23.1 Å². The lowest BCUT2D eigenvalue weighted by Gasteiger charge is -2.22. The highest BCUT2D eigenvalue weighted by molar-refractivity contribution is 9.10. The summed E-state index contributed by atoms with van der Waals surface area (Å²) >= 11 is 3.41. The lowest BCUT2D eigenvalue weighted by Crippen LogP contribution is -2.30. The van der Waals surface area contributed by atoms with E-state index in [4.69, 9.17) is 5.73 Å². The summed E-state index contributed by atoms with van der Waals surface area (Å²) in [7, 11) is 0. The Labute approximate surface area is 127 Å². The zero-order chi connectivity index (χ0) is 14.5. The lowest BCUT2D eigenvalue weighted by atomic mass is 10.1. The molecule has 20 heavy (non-hydrogen) atoms. The molecular formula is C16H17BrN2O. The van der Waals surface area contributed by atoms with Crippen molar-refractivity contribution in [2.45, 2.75) is 13.5 Å². The van der Waals surface area contributed by atoms with Crippen molar-refractivity contribution in [3.05, 3.63) is 64.1 Å². The molecule has 1 amide bonds. The SMILES string of the molecule is CCN(Cc1ccccc1)C(=O)c1cc(N)ccc1Br. The molecule has 2 rings (SSSR count). The van der Waals surface area contributed by atoms with Crippen LogP contribution in [0.3, 0.4) is 0 Å². The molecule has 0 saturated heterocycles. The maximum atomic E-state index is 12.6. The predicted molar refractivity (Wildman–Crippen MR) is 85.4 cm³/mol. The number of benzene rings is 2. The summed E-state index contributed by atoms with van der Waals surface area (Å²) in [6.07, 6.45) is 0. The topological polar surface area (TPSA) is 46.3 Å². The van der Waals surface area contributed by atoms with E-state index in [0.29, 0.717) is 24.3 Å². The molecule has 2 aromatic rings. The van der Waals surface area contributed by atoms with Gasteiger partial charge in [-0.1, -0.05) is 30.3 Å². The molecule has 0 aliphatic heterocycles. The molecule has 0 spiro atoms. The Morgan fingerprint density at radius 2 is 1.90 bits per heavy atom. The summed E-state index contributed by atoms with van der Waals surface area (Å²) in [5, 5.41) is 0. The van der Waals surface area contributed by atoms with Crippen molar-refractivity contribution in [3.8, 4) is 0 Å². The molecule has 0 aliphatic carbocycles. The van der Waals surface area contributed by atoms with Gasteiger partial charge in [0.2, 0.25) is 0 Å². The molecule has 2 N–H and O–H groups in total. The van der Waals surface area contributed by atoms with Gasteiger partial charge in [0.05, 0.1) is 5.56 Å². The first-order valence-corrected chi connectivity index (χ1v) is 7.29. The largest absolute Gasteiger partial charge is 0.399 e. The van der Waals surface area contributed by atoms with Gasteiger partial charge in [0, 0.05) is 23.2 Å². The van der Waals surface area contributed by atoms with Crippen molar-refractivity contribution in [1.29, 1.82) is 0 Å². The molecule has 0 fully saturated rings. The first-order valence-electron chi connectivity index (χ1n) is 6.50. The molecule has 2 aromatic carbocycles. The fraction of sp³-hybridized carbons (Fsp3) is 0.188. The Hall–Kier alpha value is -1.81. The Bertz CT molecular complexity index is 599. The van der Waals surface area contributed by atoms with Crippen LogP contribution < -0.4 is 5.73 Å². The lowest BCUT2D eigenvalue weighted by molar-refractivity contribution is 0.0751. The number of amides is 1. The van der Waals surface area contributed by atoms with Crippen LogP contribution >= 0.6 is 15.9 Å². The molecule has 0 aromatic heterocycles. The number of anilines is 1. The normalized spacial score (nSPS) is 10.3. The number of rotatable bonds is 4. The van der Waals surface area contributed by atoms with Crippen LogP contribution in [-0.2, 0) is 6.54 Å². The average molecular weight is 333 g/mol. The summed E-state index contributed by atoms with van der Waals surface area (Å²) in [6, 6.07) is 15.2. The molecule has 0 heterocycles. The van der Waals surface area contributed by atoms with Crippen molar-refractivity contribution >= 4 is 27.5 Å². The van der Waals surface area contributed by atoms with Gasteiger partial charge >= 0.3 is 0 Å². The monoisotopic (exact) mass is 332 g/mol. The number of carbonyl (C=O) groups excluding carboxylic acids is 1. The highest BCUT2D eigenvalue weighted by Crippen LogP contribution is 2.22. The minimum absolute atomic E-state index is 0.0180. The van der Waals surface area contributed by atoms with Crippen LogP contribution in [0.1, 0.15) is 22.8 Å². The Kier molecular flexibility index (Phi) is 4.79. The third kappa shape index (κ3) is 3.39. The second kappa shape index (κ2) is 6.57. The van der Waals surface area contributed by atoms with E-state index in [9.17, 15) is 4.79 Å². The predicted octanol–water partition coefficient (Wildman–Crippen LogP) is 3.69. The number of nitrogens with zero attached hydrogens (tertiary/aromatic N) is 1. The molecule has 104 valence electrons. The molecule has 3 nitrogen and oxygen atoms in total. The number of nitrogen functional groups attached to an aromatic ring is 1. The highest BCUT2D eigenvalue weighted by Gasteiger charge is 2.17. The summed E-state index contributed by atoms with van der Waals surface area (Å²) < 4.78 is 0.767. The maximum absolute atomic E-state index is 12.6. The standard InChI is InChI=1S/C16H17BrN2O/c1-2-19(11-12-6-4-3-5-7-12)16(20)14-10-13(18)8-9-15(14)17/h3-10H,2,11,18H2,1H3. The van der Waals surface area contributed by atoms with Crippen LogP contribution in [0.5, 0.6) is 0 Å². The third-order valence-corrected chi connectivity index (χ3v) is 3.80. The maximum Gasteiger partial charge on any atom is 0.255 e. The zero-order valence-corrected chi connectivity index (χ0v) is 12.9. The van der Waals surface area contributed by atoms with Gasteiger partial charge in [-0.25, -0.2) is 0 Å². The van der Waals surface area contributed by atoms with Gasteiger partial charge in [0.25, 0.3) is 5.91 Å². The second-order valence-corrected chi connectivity index (χ2v) is 5.40. The van der Waals surface area contributed by atoms with Gasteiger partial charge in [0.15, 0.2) is 0 Å².